The van der Waals surface area contributed by atoms with Crippen molar-refractivity contribution in [1.82, 2.24) is 14.9 Å². The number of aryl methyl sites for hydroxylation is 1. The molecule has 0 fully saturated rings. The van der Waals surface area contributed by atoms with Crippen molar-refractivity contribution in [2.75, 3.05) is 25.5 Å². The molecule has 1 heterocycles. The number of nitrogens with zero attached hydrogens (tertiary/aromatic N) is 3. The third kappa shape index (κ3) is 3.44. The molecule has 6 nitrogen and oxygen atoms in total. The van der Waals surface area contributed by atoms with Gasteiger partial charge in [-0.2, -0.15) is 0 Å². The van der Waals surface area contributed by atoms with Crippen molar-refractivity contribution in [3.05, 3.63) is 34.6 Å². The molecule has 6 heteroatoms. The van der Waals surface area contributed by atoms with Gasteiger partial charge in [-0.05, 0) is 18.6 Å². The maximum atomic E-state index is 12.6. The van der Waals surface area contributed by atoms with Crippen molar-refractivity contribution in [1.29, 1.82) is 0 Å². The quantitative estimate of drug-likeness (QED) is 0.875. The highest BCUT2D eigenvalue weighted by molar-refractivity contribution is 5.78. The van der Waals surface area contributed by atoms with Crippen LogP contribution in [-0.4, -0.2) is 36.1 Å². The minimum atomic E-state index is -0.174. The first-order chi connectivity index (χ1) is 10.5. The lowest BCUT2D eigenvalue weighted by Gasteiger charge is -2.16. The monoisotopic (exact) mass is 302 g/mol. The summed E-state index contributed by atoms with van der Waals surface area (Å²) in [4.78, 5) is 30.5. The summed E-state index contributed by atoms with van der Waals surface area (Å²) in [6.07, 6.45) is 1.18. The van der Waals surface area contributed by atoms with E-state index in [0.717, 1.165) is 17.5 Å². The van der Waals surface area contributed by atoms with Gasteiger partial charge in [0.15, 0.2) is 5.82 Å². The van der Waals surface area contributed by atoms with Gasteiger partial charge in [0.25, 0.3) is 5.56 Å². The molecule has 0 aliphatic heterocycles. The molecule has 0 saturated heterocycles. The normalized spacial score (nSPS) is 10.7. The number of amides is 1. The lowest BCUT2D eigenvalue weighted by atomic mass is 10.2. The molecule has 0 bridgehead atoms. The van der Waals surface area contributed by atoms with Crippen LogP contribution in [0.15, 0.2) is 29.1 Å². The zero-order chi connectivity index (χ0) is 16.1. The lowest BCUT2D eigenvalue weighted by molar-refractivity contribution is -0.121. The predicted octanol–water partition coefficient (Wildman–Crippen LogP) is 1.38. The Kier molecular flexibility index (Phi) is 5.14. The number of rotatable bonds is 6. The van der Waals surface area contributed by atoms with Crippen molar-refractivity contribution in [3.8, 4) is 0 Å². The summed E-state index contributed by atoms with van der Waals surface area (Å²) in [5.74, 6) is 0.341. The fourth-order valence-electron chi connectivity index (χ4n) is 2.26. The summed E-state index contributed by atoms with van der Waals surface area (Å²) in [7, 11) is 3.58. The Balaban J connectivity index is 2.36. The second-order valence-electron chi connectivity index (χ2n) is 5.38. The average molecular weight is 302 g/mol. The first kappa shape index (κ1) is 16.0. The zero-order valence-electron chi connectivity index (χ0n) is 13.3. The van der Waals surface area contributed by atoms with Crippen LogP contribution in [0.3, 0.4) is 0 Å². The molecule has 0 spiro atoms. The fourth-order valence-corrected chi connectivity index (χ4v) is 2.26. The summed E-state index contributed by atoms with van der Waals surface area (Å²) in [6, 6.07) is 7.48. The molecule has 1 N–H and O–H groups in total. The highest BCUT2D eigenvalue weighted by Crippen LogP contribution is 2.13. The number of hydrogen-bond donors (Lipinski definition) is 1. The Morgan fingerprint density at radius 2 is 2.05 bits per heavy atom. The van der Waals surface area contributed by atoms with Gasteiger partial charge < -0.3 is 14.8 Å². The van der Waals surface area contributed by atoms with Gasteiger partial charge in [0.05, 0.1) is 11.0 Å². The van der Waals surface area contributed by atoms with Gasteiger partial charge >= 0.3 is 0 Å². The van der Waals surface area contributed by atoms with E-state index in [-0.39, 0.29) is 17.9 Å². The predicted molar refractivity (Wildman–Crippen MR) is 88.2 cm³/mol. The Morgan fingerprint density at radius 1 is 1.32 bits per heavy atom. The molecular formula is C16H22N4O2. The second kappa shape index (κ2) is 7.06. The van der Waals surface area contributed by atoms with Gasteiger partial charge in [-0.15, -0.1) is 0 Å². The van der Waals surface area contributed by atoms with Gasteiger partial charge in [-0.25, -0.2) is 4.98 Å². The Labute approximate surface area is 129 Å². The van der Waals surface area contributed by atoms with E-state index in [1.165, 1.54) is 0 Å². The minimum Gasteiger partial charge on any atom is -0.358 e. The molecule has 1 aromatic carbocycles. The number of benzene rings is 1. The van der Waals surface area contributed by atoms with Crippen LogP contribution in [-0.2, 0) is 11.3 Å². The van der Waals surface area contributed by atoms with Gasteiger partial charge in [0.2, 0.25) is 5.91 Å². The molecule has 0 unspecified atom stereocenters. The van der Waals surface area contributed by atoms with Crippen molar-refractivity contribution in [2.24, 2.45) is 0 Å². The molecular weight excluding hydrogens is 280 g/mol. The summed E-state index contributed by atoms with van der Waals surface area (Å²) in [6.45, 7) is 3.01. The molecule has 1 amide bonds. The number of carbonyl (C=O) groups excluding carboxylic acids is 1. The van der Waals surface area contributed by atoms with Crippen LogP contribution in [0.1, 0.15) is 19.8 Å². The standard InChI is InChI=1S/C16H22N4O2/c1-4-10-17-14(21)9-11-20-13-8-6-5-7-12(13)18-15(16(20)22)19(2)3/h5-8H,4,9-11H2,1-3H3,(H,17,21). The highest BCUT2D eigenvalue weighted by Gasteiger charge is 2.13. The number of para-hydroxylation sites is 2. The number of hydrogen-bond acceptors (Lipinski definition) is 4. The van der Waals surface area contributed by atoms with Crippen molar-refractivity contribution >= 4 is 22.8 Å². The van der Waals surface area contributed by atoms with E-state index in [1.54, 1.807) is 23.6 Å². The molecule has 0 radical (unpaired) electrons. The van der Waals surface area contributed by atoms with Gasteiger partial charge in [0.1, 0.15) is 0 Å². The third-order valence-corrected chi connectivity index (χ3v) is 3.39. The van der Waals surface area contributed by atoms with Crippen LogP contribution < -0.4 is 15.8 Å². The van der Waals surface area contributed by atoms with E-state index in [0.29, 0.717) is 18.9 Å². The van der Waals surface area contributed by atoms with Crippen LogP contribution in [0.25, 0.3) is 11.0 Å². The Morgan fingerprint density at radius 3 is 2.73 bits per heavy atom. The first-order valence-corrected chi connectivity index (χ1v) is 7.48. The number of carbonyl (C=O) groups is 1. The zero-order valence-corrected chi connectivity index (χ0v) is 13.3. The van der Waals surface area contributed by atoms with Crippen LogP contribution in [0.5, 0.6) is 0 Å². The van der Waals surface area contributed by atoms with Crippen LogP contribution in [0.4, 0.5) is 5.82 Å². The number of nitrogens with one attached hydrogen (secondary N) is 1. The molecule has 2 rings (SSSR count). The second-order valence-corrected chi connectivity index (χ2v) is 5.38. The molecule has 0 atom stereocenters. The summed E-state index contributed by atoms with van der Waals surface area (Å²) in [5.41, 5.74) is 1.33. The van der Waals surface area contributed by atoms with E-state index >= 15 is 0 Å². The largest absolute Gasteiger partial charge is 0.358 e. The maximum absolute atomic E-state index is 12.6. The highest BCUT2D eigenvalue weighted by atomic mass is 16.2. The van der Waals surface area contributed by atoms with E-state index < -0.39 is 0 Å². The number of fused-ring (bicyclic) bond motifs is 1. The van der Waals surface area contributed by atoms with E-state index in [2.05, 4.69) is 10.3 Å². The maximum Gasteiger partial charge on any atom is 0.293 e. The third-order valence-electron chi connectivity index (χ3n) is 3.39. The summed E-state index contributed by atoms with van der Waals surface area (Å²) >= 11 is 0. The molecule has 1 aromatic heterocycles. The minimum absolute atomic E-state index is 0.0407. The van der Waals surface area contributed by atoms with E-state index in [1.807, 2.05) is 31.2 Å². The Bertz CT molecular complexity index is 722. The first-order valence-electron chi connectivity index (χ1n) is 7.48. The summed E-state index contributed by atoms with van der Waals surface area (Å²) < 4.78 is 1.63. The molecule has 0 saturated carbocycles. The van der Waals surface area contributed by atoms with Crippen molar-refractivity contribution in [3.63, 3.8) is 0 Å². The number of aromatic nitrogens is 2. The molecule has 2 aromatic rings. The van der Waals surface area contributed by atoms with Crippen LogP contribution in [0.2, 0.25) is 0 Å². The van der Waals surface area contributed by atoms with E-state index in [9.17, 15) is 9.59 Å². The average Bonchev–Trinajstić information content (AvgIpc) is 2.51. The lowest BCUT2D eigenvalue weighted by Crippen LogP contribution is -2.31. The smallest absolute Gasteiger partial charge is 0.293 e. The molecule has 0 aliphatic rings. The SMILES string of the molecule is CCCNC(=O)CCn1c(=O)c(N(C)C)nc2ccccc21. The number of anilines is 1. The van der Waals surface area contributed by atoms with Gasteiger partial charge in [-0.3, -0.25) is 9.59 Å². The molecule has 0 aliphatic carbocycles. The van der Waals surface area contributed by atoms with Crippen LogP contribution >= 0.6 is 0 Å². The van der Waals surface area contributed by atoms with Crippen molar-refractivity contribution in [2.45, 2.75) is 26.3 Å². The topological polar surface area (TPSA) is 67.2 Å². The van der Waals surface area contributed by atoms with Gasteiger partial charge in [-0.1, -0.05) is 19.1 Å². The van der Waals surface area contributed by atoms with E-state index in [4.69, 9.17) is 0 Å². The summed E-state index contributed by atoms with van der Waals surface area (Å²) in [5, 5.41) is 2.83. The van der Waals surface area contributed by atoms with Gasteiger partial charge in [0, 0.05) is 33.6 Å². The fraction of sp³-hybridized carbons (Fsp3) is 0.438. The molecule has 118 valence electrons. The molecule has 22 heavy (non-hydrogen) atoms. The van der Waals surface area contributed by atoms with Crippen LogP contribution in [0, 0.1) is 0 Å². The van der Waals surface area contributed by atoms with Crippen molar-refractivity contribution < 1.29 is 4.79 Å². The Hall–Kier alpha value is -2.37.